The number of nitrogens with one attached hydrogen (secondary N) is 1. The van der Waals surface area contributed by atoms with Crippen LogP contribution in [0.5, 0.6) is 0 Å². The lowest BCUT2D eigenvalue weighted by atomic mass is 10.3. The van der Waals surface area contributed by atoms with E-state index >= 15 is 0 Å². The van der Waals surface area contributed by atoms with Crippen molar-refractivity contribution in [3.8, 4) is 0 Å². The Morgan fingerprint density at radius 1 is 1.79 bits per heavy atom. The molecule has 1 aliphatic carbocycles. The molecule has 5 heteroatoms. The SMILES string of the molecule is Cn1ccnc1CNC(=O)C1(N)CC1. The van der Waals surface area contributed by atoms with Gasteiger partial charge in [0.25, 0.3) is 0 Å². The van der Waals surface area contributed by atoms with Crippen LogP contribution < -0.4 is 11.1 Å². The zero-order valence-electron chi connectivity index (χ0n) is 8.16. The topological polar surface area (TPSA) is 72.9 Å². The second-order valence-corrected chi connectivity index (χ2v) is 3.79. The van der Waals surface area contributed by atoms with Crippen LogP contribution in [0.1, 0.15) is 18.7 Å². The van der Waals surface area contributed by atoms with E-state index in [0.29, 0.717) is 6.54 Å². The number of imidazole rings is 1. The Kier molecular flexibility index (Phi) is 2.03. The van der Waals surface area contributed by atoms with E-state index < -0.39 is 5.54 Å². The first-order valence-corrected chi connectivity index (χ1v) is 4.65. The molecule has 1 amide bonds. The zero-order chi connectivity index (χ0) is 10.2. The molecule has 1 fully saturated rings. The maximum absolute atomic E-state index is 11.5. The number of carbonyl (C=O) groups is 1. The quantitative estimate of drug-likeness (QED) is 0.683. The molecule has 0 aliphatic heterocycles. The summed E-state index contributed by atoms with van der Waals surface area (Å²) < 4.78 is 1.87. The summed E-state index contributed by atoms with van der Waals surface area (Å²) in [6.45, 7) is 0.446. The van der Waals surface area contributed by atoms with Gasteiger partial charge in [0.05, 0.1) is 12.1 Å². The van der Waals surface area contributed by atoms with Crippen LogP contribution in [0.2, 0.25) is 0 Å². The smallest absolute Gasteiger partial charge is 0.240 e. The van der Waals surface area contributed by atoms with Crippen molar-refractivity contribution in [3.63, 3.8) is 0 Å². The second-order valence-electron chi connectivity index (χ2n) is 3.79. The number of nitrogens with zero attached hydrogens (tertiary/aromatic N) is 2. The minimum absolute atomic E-state index is 0.0690. The van der Waals surface area contributed by atoms with Gasteiger partial charge in [0, 0.05) is 19.4 Å². The highest BCUT2D eigenvalue weighted by Gasteiger charge is 2.45. The van der Waals surface area contributed by atoms with Crippen molar-refractivity contribution >= 4 is 5.91 Å². The van der Waals surface area contributed by atoms with Gasteiger partial charge in [-0.25, -0.2) is 4.98 Å². The summed E-state index contributed by atoms with van der Waals surface area (Å²) in [6.07, 6.45) is 5.13. The van der Waals surface area contributed by atoms with Gasteiger partial charge in [0.1, 0.15) is 5.82 Å². The van der Waals surface area contributed by atoms with Crippen molar-refractivity contribution in [2.75, 3.05) is 0 Å². The number of aryl methyl sites for hydroxylation is 1. The normalized spacial score (nSPS) is 17.9. The third-order valence-corrected chi connectivity index (χ3v) is 2.57. The van der Waals surface area contributed by atoms with Crippen molar-refractivity contribution < 1.29 is 4.79 Å². The number of hydrogen-bond donors (Lipinski definition) is 2. The van der Waals surface area contributed by atoms with Gasteiger partial charge in [-0.15, -0.1) is 0 Å². The molecule has 0 spiro atoms. The van der Waals surface area contributed by atoms with E-state index in [1.807, 2.05) is 17.8 Å². The van der Waals surface area contributed by atoms with E-state index in [1.165, 1.54) is 0 Å². The maximum atomic E-state index is 11.5. The van der Waals surface area contributed by atoms with Crippen LogP contribution in [0, 0.1) is 0 Å². The summed E-state index contributed by atoms with van der Waals surface area (Å²) in [5, 5.41) is 2.78. The molecule has 0 bridgehead atoms. The molecule has 1 heterocycles. The Hall–Kier alpha value is -1.36. The average molecular weight is 194 g/mol. The van der Waals surface area contributed by atoms with Crippen molar-refractivity contribution in [1.82, 2.24) is 14.9 Å². The van der Waals surface area contributed by atoms with Crippen LogP contribution in [-0.2, 0) is 18.4 Å². The fourth-order valence-corrected chi connectivity index (χ4v) is 1.26. The number of hydrogen-bond acceptors (Lipinski definition) is 3. The van der Waals surface area contributed by atoms with E-state index in [1.54, 1.807) is 6.20 Å². The Balaban J connectivity index is 1.89. The molecule has 0 unspecified atom stereocenters. The van der Waals surface area contributed by atoms with E-state index in [9.17, 15) is 4.79 Å². The van der Waals surface area contributed by atoms with Crippen molar-refractivity contribution in [3.05, 3.63) is 18.2 Å². The predicted molar refractivity (Wildman–Crippen MR) is 51.2 cm³/mol. The first-order chi connectivity index (χ1) is 6.62. The van der Waals surface area contributed by atoms with Crippen LogP contribution in [0.15, 0.2) is 12.4 Å². The van der Waals surface area contributed by atoms with Crippen LogP contribution in [0.25, 0.3) is 0 Å². The molecule has 0 radical (unpaired) electrons. The van der Waals surface area contributed by atoms with Gasteiger partial charge in [0.15, 0.2) is 0 Å². The lowest BCUT2D eigenvalue weighted by Crippen LogP contribution is -2.42. The van der Waals surface area contributed by atoms with Gasteiger partial charge in [-0.3, -0.25) is 4.79 Å². The minimum Gasteiger partial charge on any atom is -0.347 e. The molecular weight excluding hydrogens is 180 g/mol. The van der Waals surface area contributed by atoms with Gasteiger partial charge >= 0.3 is 0 Å². The summed E-state index contributed by atoms with van der Waals surface area (Å²) in [4.78, 5) is 15.6. The fourth-order valence-electron chi connectivity index (χ4n) is 1.26. The van der Waals surface area contributed by atoms with Gasteiger partial charge in [-0.1, -0.05) is 0 Å². The highest BCUT2D eigenvalue weighted by atomic mass is 16.2. The third-order valence-electron chi connectivity index (χ3n) is 2.57. The largest absolute Gasteiger partial charge is 0.347 e. The van der Waals surface area contributed by atoms with Crippen molar-refractivity contribution in [2.24, 2.45) is 12.8 Å². The highest BCUT2D eigenvalue weighted by Crippen LogP contribution is 2.32. The van der Waals surface area contributed by atoms with Crippen molar-refractivity contribution in [1.29, 1.82) is 0 Å². The summed E-state index contributed by atoms with van der Waals surface area (Å²) in [6, 6.07) is 0. The van der Waals surface area contributed by atoms with E-state index in [0.717, 1.165) is 18.7 Å². The molecule has 0 aromatic carbocycles. The number of rotatable bonds is 3. The number of aromatic nitrogens is 2. The molecule has 3 N–H and O–H groups in total. The molecule has 1 saturated carbocycles. The van der Waals surface area contributed by atoms with Gasteiger partial charge < -0.3 is 15.6 Å². The fraction of sp³-hybridized carbons (Fsp3) is 0.556. The summed E-state index contributed by atoms with van der Waals surface area (Å²) in [7, 11) is 1.89. The minimum atomic E-state index is -0.592. The lowest BCUT2D eigenvalue weighted by molar-refractivity contribution is -0.123. The Bertz CT molecular complexity index is 353. The Morgan fingerprint density at radius 3 is 3.00 bits per heavy atom. The summed E-state index contributed by atoms with van der Waals surface area (Å²) in [5.74, 6) is 0.767. The molecule has 0 saturated heterocycles. The van der Waals surface area contributed by atoms with E-state index in [2.05, 4.69) is 10.3 Å². The number of amides is 1. The van der Waals surface area contributed by atoms with Gasteiger partial charge in [-0.2, -0.15) is 0 Å². The van der Waals surface area contributed by atoms with Crippen LogP contribution in [-0.4, -0.2) is 21.0 Å². The monoisotopic (exact) mass is 194 g/mol. The molecule has 0 atom stereocenters. The molecule has 5 nitrogen and oxygen atoms in total. The van der Waals surface area contributed by atoms with Crippen molar-refractivity contribution in [2.45, 2.75) is 24.9 Å². The first kappa shape index (κ1) is 9.21. The zero-order valence-corrected chi connectivity index (χ0v) is 8.16. The average Bonchev–Trinajstić information content (AvgIpc) is 2.77. The Morgan fingerprint density at radius 2 is 2.50 bits per heavy atom. The van der Waals surface area contributed by atoms with Crippen LogP contribution in [0.4, 0.5) is 0 Å². The first-order valence-electron chi connectivity index (χ1n) is 4.65. The number of carbonyl (C=O) groups excluding carboxylic acids is 1. The Labute approximate surface area is 82.3 Å². The molecule has 1 aliphatic rings. The molecule has 76 valence electrons. The second kappa shape index (κ2) is 3.09. The summed E-state index contributed by atoms with van der Waals surface area (Å²) in [5.41, 5.74) is 5.14. The maximum Gasteiger partial charge on any atom is 0.240 e. The molecule has 14 heavy (non-hydrogen) atoms. The number of nitrogens with two attached hydrogens (primary N) is 1. The van der Waals surface area contributed by atoms with E-state index in [4.69, 9.17) is 5.73 Å². The summed E-state index contributed by atoms with van der Waals surface area (Å²) >= 11 is 0. The molecular formula is C9H14N4O. The standard InChI is InChI=1S/C9H14N4O/c1-13-5-4-11-7(13)6-12-8(14)9(10)2-3-9/h4-5H,2-3,6,10H2,1H3,(H,12,14). The van der Waals surface area contributed by atoms with Gasteiger partial charge in [-0.05, 0) is 12.8 Å². The molecule has 2 rings (SSSR count). The molecule has 1 aromatic rings. The highest BCUT2D eigenvalue weighted by molar-refractivity contribution is 5.88. The van der Waals surface area contributed by atoms with Crippen LogP contribution in [0.3, 0.4) is 0 Å². The molecule has 1 aromatic heterocycles. The predicted octanol–water partition coefficient (Wildman–Crippen LogP) is -0.472. The van der Waals surface area contributed by atoms with Crippen LogP contribution >= 0.6 is 0 Å². The third kappa shape index (κ3) is 1.63. The van der Waals surface area contributed by atoms with E-state index in [-0.39, 0.29) is 5.91 Å². The lowest BCUT2D eigenvalue weighted by Gasteiger charge is -2.09. The van der Waals surface area contributed by atoms with Gasteiger partial charge in [0.2, 0.25) is 5.91 Å².